The molecule has 0 bridgehead atoms. The third kappa shape index (κ3) is 7.41. The van der Waals surface area contributed by atoms with Crippen molar-refractivity contribution in [2.75, 3.05) is 59.6 Å². The van der Waals surface area contributed by atoms with E-state index in [4.69, 9.17) is 9.47 Å². The number of rotatable bonds is 10. The molecule has 2 aliphatic heterocycles. The molecule has 0 saturated carbocycles. The maximum atomic E-state index is 5.80. The lowest BCUT2D eigenvalue weighted by Gasteiger charge is -2.18. The van der Waals surface area contributed by atoms with E-state index in [-0.39, 0.29) is 0 Å². The van der Waals surface area contributed by atoms with Crippen molar-refractivity contribution in [1.82, 2.24) is 15.5 Å². The Balaban J connectivity index is 1.23. The van der Waals surface area contributed by atoms with Crippen LogP contribution >= 0.6 is 0 Å². The standard InChI is InChI=1S/C22H36N4O2/c1-23-22(24-11-5-14-28-21-10-15-27-18-21)25-16-20-9-13-26(17-20)12-8-19-6-3-2-4-7-19/h2-4,6-7,20-21H,5,8-18H2,1H3,(H2,23,24,25). The molecule has 156 valence electrons. The molecule has 0 radical (unpaired) electrons. The summed E-state index contributed by atoms with van der Waals surface area (Å²) in [5.41, 5.74) is 1.43. The van der Waals surface area contributed by atoms with Crippen molar-refractivity contribution >= 4 is 5.96 Å². The van der Waals surface area contributed by atoms with Crippen molar-refractivity contribution in [3.8, 4) is 0 Å². The van der Waals surface area contributed by atoms with Crippen LogP contribution < -0.4 is 10.6 Å². The van der Waals surface area contributed by atoms with Gasteiger partial charge in [0.15, 0.2) is 5.96 Å². The van der Waals surface area contributed by atoms with Crippen LogP contribution in [0.4, 0.5) is 0 Å². The largest absolute Gasteiger partial charge is 0.379 e. The topological polar surface area (TPSA) is 58.1 Å². The van der Waals surface area contributed by atoms with Gasteiger partial charge in [0.2, 0.25) is 0 Å². The number of guanidine groups is 1. The summed E-state index contributed by atoms with van der Waals surface area (Å²) >= 11 is 0. The molecule has 0 spiro atoms. The van der Waals surface area contributed by atoms with Crippen LogP contribution in [0.2, 0.25) is 0 Å². The molecule has 6 nitrogen and oxygen atoms in total. The predicted molar refractivity (Wildman–Crippen MR) is 114 cm³/mol. The number of nitrogens with zero attached hydrogens (tertiary/aromatic N) is 2. The molecule has 3 rings (SSSR count). The highest BCUT2D eigenvalue weighted by Gasteiger charge is 2.22. The van der Waals surface area contributed by atoms with Gasteiger partial charge in [-0.1, -0.05) is 30.3 Å². The summed E-state index contributed by atoms with van der Waals surface area (Å²) in [6.45, 7) is 7.75. The van der Waals surface area contributed by atoms with Crippen LogP contribution in [0, 0.1) is 5.92 Å². The van der Waals surface area contributed by atoms with E-state index in [1.807, 2.05) is 7.05 Å². The molecule has 0 amide bonds. The summed E-state index contributed by atoms with van der Waals surface area (Å²) in [5, 5.41) is 6.88. The Kier molecular flexibility index (Phi) is 9.07. The third-order valence-electron chi connectivity index (χ3n) is 5.57. The molecule has 0 aromatic heterocycles. The molecule has 2 N–H and O–H groups in total. The van der Waals surface area contributed by atoms with E-state index in [0.717, 1.165) is 64.7 Å². The van der Waals surface area contributed by atoms with Gasteiger partial charge in [0, 0.05) is 46.4 Å². The Labute approximate surface area is 169 Å². The minimum absolute atomic E-state index is 0.296. The highest BCUT2D eigenvalue weighted by atomic mass is 16.5. The van der Waals surface area contributed by atoms with Crippen molar-refractivity contribution in [2.45, 2.75) is 31.8 Å². The second-order valence-corrected chi connectivity index (χ2v) is 7.78. The molecule has 0 aliphatic carbocycles. The van der Waals surface area contributed by atoms with Gasteiger partial charge < -0.3 is 25.0 Å². The second-order valence-electron chi connectivity index (χ2n) is 7.78. The first kappa shape index (κ1) is 21.1. The summed E-state index contributed by atoms with van der Waals surface area (Å²) in [5.74, 6) is 1.59. The second kappa shape index (κ2) is 12.0. The summed E-state index contributed by atoms with van der Waals surface area (Å²) in [6.07, 6.45) is 4.70. The normalized spacial score (nSPS) is 23.2. The van der Waals surface area contributed by atoms with Crippen LogP contribution in [-0.2, 0) is 15.9 Å². The van der Waals surface area contributed by atoms with Gasteiger partial charge in [-0.3, -0.25) is 4.99 Å². The van der Waals surface area contributed by atoms with Gasteiger partial charge >= 0.3 is 0 Å². The minimum Gasteiger partial charge on any atom is -0.379 e. The first-order valence-corrected chi connectivity index (χ1v) is 10.7. The Morgan fingerprint density at radius 3 is 2.93 bits per heavy atom. The molecule has 1 aromatic carbocycles. The number of likely N-dealkylation sites (tertiary alicyclic amines) is 1. The SMILES string of the molecule is CN=C(NCCCOC1CCOC1)NCC1CCN(CCc2ccccc2)C1. The fourth-order valence-corrected chi connectivity index (χ4v) is 3.85. The summed E-state index contributed by atoms with van der Waals surface area (Å²) < 4.78 is 11.1. The minimum atomic E-state index is 0.296. The molecule has 2 atom stereocenters. The quantitative estimate of drug-likeness (QED) is 0.364. The molecule has 1 aromatic rings. The summed E-state index contributed by atoms with van der Waals surface area (Å²) in [7, 11) is 1.84. The number of hydrogen-bond donors (Lipinski definition) is 2. The summed E-state index contributed by atoms with van der Waals surface area (Å²) in [4.78, 5) is 6.92. The first-order valence-electron chi connectivity index (χ1n) is 10.7. The van der Waals surface area contributed by atoms with Crippen LogP contribution in [0.3, 0.4) is 0 Å². The number of ether oxygens (including phenoxy) is 2. The zero-order chi connectivity index (χ0) is 19.4. The molecule has 2 heterocycles. The lowest BCUT2D eigenvalue weighted by atomic mass is 10.1. The highest BCUT2D eigenvalue weighted by Crippen LogP contribution is 2.16. The zero-order valence-electron chi connectivity index (χ0n) is 17.2. The van der Waals surface area contributed by atoms with E-state index in [1.54, 1.807) is 0 Å². The van der Waals surface area contributed by atoms with E-state index in [9.17, 15) is 0 Å². The van der Waals surface area contributed by atoms with E-state index in [1.165, 1.54) is 25.1 Å². The lowest BCUT2D eigenvalue weighted by Crippen LogP contribution is -2.41. The molecular weight excluding hydrogens is 352 g/mol. The highest BCUT2D eigenvalue weighted by molar-refractivity contribution is 5.79. The monoisotopic (exact) mass is 388 g/mol. The van der Waals surface area contributed by atoms with Crippen molar-refractivity contribution in [3.05, 3.63) is 35.9 Å². The van der Waals surface area contributed by atoms with Crippen LogP contribution in [0.1, 0.15) is 24.8 Å². The summed E-state index contributed by atoms with van der Waals surface area (Å²) in [6, 6.07) is 10.8. The van der Waals surface area contributed by atoms with Crippen LogP contribution in [0.15, 0.2) is 35.3 Å². The van der Waals surface area contributed by atoms with Crippen LogP contribution in [0.5, 0.6) is 0 Å². The van der Waals surface area contributed by atoms with Crippen molar-refractivity contribution in [3.63, 3.8) is 0 Å². The average Bonchev–Trinajstić information content (AvgIpc) is 3.41. The molecular formula is C22H36N4O2. The molecule has 2 unspecified atom stereocenters. The zero-order valence-corrected chi connectivity index (χ0v) is 17.2. The molecule has 6 heteroatoms. The fourth-order valence-electron chi connectivity index (χ4n) is 3.85. The van der Waals surface area contributed by atoms with Gasteiger partial charge in [-0.2, -0.15) is 0 Å². The van der Waals surface area contributed by atoms with E-state index >= 15 is 0 Å². The van der Waals surface area contributed by atoms with Crippen LogP contribution in [0.25, 0.3) is 0 Å². The van der Waals surface area contributed by atoms with Crippen molar-refractivity contribution in [1.29, 1.82) is 0 Å². The fraction of sp³-hybridized carbons (Fsp3) is 0.682. The smallest absolute Gasteiger partial charge is 0.190 e. The molecule has 2 fully saturated rings. The Morgan fingerprint density at radius 1 is 1.25 bits per heavy atom. The van der Waals surface area contributed by atoms with Gasteiger partial charge in [0.05, 0.1) is 12.7 Å². The average molecular weight is 389 g/mol. The van der Waals surface area contributed by atoms with Crippen molar-refractivity contribution < 1.29 is 9.47 Å². The van der Waals surface area contributed by atoms with E-state index in [2.05, 4.69) is 50.9 Å². The van der Waals surface area contributed by atoms with Gasteiger partial charge in [-0.25, -0.2) is 0 Å². The number of aliphatic imine (C=N–C) groups is 1. The Morgan fingerprint density at radius 2 is 2.14 bits per heavy atom. The molecule has 2 saturated heterocycles. The van der Waals surface area contributed by atoms with E-state index < -0.39 is 0 Å². The third-order valence-corrected chi connectivity index (χ3v) is 5.57. The maximum absolute atomic E-state index is 5.80. The first-order chi connectivity index (χ1) is 13.8. The van der Waals surface area contributed by atoms with Crippen molar-refractivity contribution in [2.24, 2.45) is 10.9 Å². The molecule has 2 aliphatic rings. The van der Waals surface area contributed by atoms with Gasteiger partial charge in [-0.05, 0) is 43.7 Å². The predicted octanol–water partition coefficient (Wildman–Crippen LogP) is 1.91. The van der Waals surface area contributed by atoms with Gasteiger partial charge in [0.1, 0.15) is 0 Å². The Hall–Kier alpha value is -1.63. The Bertz CT molecular complexity index is 575. The number of nitrogens with one attached hydrogen (secondary N) is 2. The number of benzene rings is 1. The molecule has 28 heavy (non-hydrogen) atoms. The van der Waals surface area contributed by atoms with Gasteiger partial charge in [0.25, 0.3) is 0 Å². The maximum Gasteiger partial charge on any atom is 0.190 e. The lowest BCUT2D eigenvalue weighted by molar-refractivity contribution is 0.0420. The van der Waals surface area contributed by atoms with Gasteiger partial charge in [-0.15, -0.1) is 0 Å². The van der Waals surface area contributed by atoms with E-state index in [0.29, 0.717) is 12.0 Å². The van der Waals surface area contributed by atoms with Crippen LogP contribution in [-0.4, -0.2) is 76.6 Å². The number of hydrogen-bond acceptors (Lipinski definition) is 4.